The monoisotopic (exact) mass is 435 g/mol. The van der Waals surface area contributed by atoms with Gasteiger partial charge in [-0.3, -0.25) is 0 Å². The number of aromatic carboxylic acids is 1. The molecule has 29 heavy (non-hydrogen) atoms. The van der Waals surface area contributed by atoms with Crippen molar-refractivity contribution in [2.75, 3.05) is 13.1 Å². The molecule has 2 aromatic rings. The first-order chi connectivity index (χ1) is 13.9. The molecule has 0 aromatic heterocycles. The van der Waals surface area contributed by atoms with Crippen molar-refractivity contribution in [1.82, 2.24) is 4.31 Å². The molecule has 0 aliphatic carbocycles. The van der Waals surface area contributed by atoms with Gasteiger partial charge < -0.3 is 5.11 Å². The van der Waals surface area contributed by atoms with Gasteiger partial charge in [-0.15, -0.1) is 11.8 Å². The third-order valence-corrected chi connectivity index (χ3v) is 7.46. The number of nitrogens with zero attached hydrogens (tertiary/aromatic N) is 1. The highest BCUT2D eigenvalue weighted by Gasteiger charge is 2.25. The molecular weight excluding hydrogens is 406 g/mol. The lowest BCUT2D eigenvalue weighted by Crippen LogP contribution is -2.33. The molecule has 0 fully saturated rings. The second-order valence-corrected chi connectivity index (χ2v) is 9.87. The van der Waals surface area contributed by atoms with E-state index < -0.39 is 16.0 Å². The van der Waals surface area contributed by atoms with Crippen LogP contribution < -0.4 is 0 Å². The first kappa shape index (κ1) is 23.4. The van der Waals surface area contributed by atoms with E-state index in [9.17, 15) is 18.3 Å². The second-order valence-electron chi connectivity index (χ2n) is 6.88. The number of unbranched alkanes of at least 4 members (excludes halogenated alkanes) is 2. The van der Waals surface area contributed by atoms with Gasteiger partial charge in [-0.2, -0.15) is 4.31 Å². The molecule has 1 N–H and O–H groups in total. The third kappa shape index (κ3) is 6.87. The van der Waals surface area contributed by atoms with Crippen molar-refractivity contribution in [2.45, 2.75) is 55.1 Å². The number of hydrogen-bond acceptors (Lipinski definition) is 4. The number of sulfonamides is 1. The lowest BCUT2D eigenvalue weighted by atomic mass is 10.2. The maximum atomic E-state index is 13.3. The molecule has 0 atom stereocenters. The van der Waals surface area contributed by atoms with Crippen LogP contribution in [0.25, 0.3) is 0 Å². The zero-order valence-corrected chi connectivity index (χ0v) is 18.6. The summed E-state index contributed by atoms with van der Waals surface area (Å²) in [6.45, 7) is 4.94. The SMILES string of the molecule is CCCCN(CCCC)S(=O)(=O)c1cc(SCc2ccccc2)cc(C(=O)O)c1. The molecule has 0 radical (unpaired) electrons. The molecule has 5 nitrogen and oxygen atoms in total. The average molecular weight is 436 g/mol. The van der Waals surface area contributed by atoms with E-state index in [0.717, 1.165) is 31.2 Å². The largest absolute Gasteiger partial charge is 0.478 e. The summed E-state index contributed by atoms with van der Waals surface area (Å²) in [7, 11) is -3.75. The standard InChI is InChI=1S/C22H29NO4S2/c1-3-5-12-23(13-6-4-2)29(26,27)21-15-19(22(24)25)14-20(16-21)28-17-18-10-8-7-9-11-18/h7-11,14-16H,3-6,12-13,17H2,1-2H3,(H,24,25). The quantitative estimate of drug-likeness (QED) is 0.460. The number of hydrogen-bond donors (Lipinski definition) is 1. The Kier molecular flexibility index (Phi) is 9.20. The van der Waals surface area contributed by atoms with Crippen molar-refractivity contribution in [3.05, 3.63) is 59.7 Å². The van der Waals surface area contributed by atoms with Gasteiger partial charge in [0.15, 0.2) is 0 Å². The zero-order valence-electron chi connectivity index (χ0n) is 17.0. The van der Waals surface area contributed by atoms with E-state index in [-0.39, 0.29) is 10.5 Å². The summed E-state index contributed by atoms with van der Waals surface area (Å²) >= 11 is 1.44. The number of carboxylic acids is 1. The Morgan fingerprint density at radius 2 is 1.62 bits per heavy atom. The highest BCUT2D eigenvalue weighted by atomic mass is 32.2. The van der Waals surface area contributed by atoms with E-state index in [0.29, 0.717) is 23.7 Å². The Labute approximate surface area is 178 Å². The van der Waals surface area contributed by atoms with Gasteiger partial charge in [0.25, 0.3) is 0 Å². The van der Waals surface area contributed by atoms with E-state index in [4.69, 9.17) is 0 Å². The van der Waals surface area contributed by atoms with E-state index in [1.807, 2.05) is 44.2 Å². The lowest BCUT2D eigenvalue weighted by molar-refractivity contribution is 0.0696. The molecule has 2 rings (SSSR count). The van der Waals surface area contributed by atoms with Crippen molar-refractivity contribution in [1.29, 1.82) is 0 Å². The summed E-state index contributed by atoms with van der Waals surface area (Å²) in [5.74, 6) is -0.490. The van der Waals surface area contributed by atoms with Crippen LogP contribution in [0, 0.1) is 0 Å². The van der Waals surface area contributed by atoms with Gasteiger partial charge in [0.05, 0.1) is 10.5 Å². The fourth-order valence-electron chi connectivity index (χ4n) is 2.84. The highest BCUT2D eigenvalue weighted by Crippen LogP contribution is 2.28. The third-order valence-electron chi connectivity index (χ3n) is 4.54. The first-order valence-electron chi connectivity index (χ1n) is 9.93. The topological polar surface area (TPSA) is 74.7 Å². The molecule has 0 saturated carbocycles. The Morgan fingerprint density at radius 3 is 2.17 bits per heavy atom. The van der Waals surface area contributed by atoms with Gasteiger partial charge in [0.2, 0.25) is 10.0 Å². The van der Waals surface area contributed by atoms with Crippen LogP contribution in [0.1, 0.15) is 55.5 Å². The van der Waals surface area contributed by atoms with E-state index in [1.165, 1.54) is 28.2 Å². The van der Waals surface area contributed by atoms with Crippen LogP contribution in [-0.4, -0.2) is 36.9 Å². The van der Waals surface area contributed by atoms with Crippen LogP contribution in [0.15, 0.2) is 58.3 Å². The number of benzene rings is 2. The molecule has 0 aliphatic heterocycles. The number of carbonyl (C=O) groups is 1. The summed E-state index contributed by atoms with van der Waals surface area (Å²) in [5.41, 5.74) is 1.09. The Hall–Kier alpha value is -1.83. The van der Waals surface area contributed by atoms with Crippen LogP contribution in [0.2, 0.25) is 0 Å². The predicted molar refractivity (Wildman–Crippen MR) is 118 cm³/mol. The van der Waals surface area contributed by atoms with Crippen molar-refractivity contribution in [3.8, 4) is 0 Å². The van der Waals surface area contributed by atoms with Crippen LogP contribution in [-0.2, 0) is 15.8 Å². The smallest absolute Gasteiger partial charge is 0.335 e. The van der Waals surface area contributed by atoms with E-state index in [2.05, 4.69) is 0 Å². The molecule has 0 bridgehead atoms. The van der Waals surface area contributed by atoms with Crippen molar-refractivity contribution < 1.29 is 18.3 Å². The minimum Gasteiger partial charge on any atom is -0.478 e. The van der Waals surface area contributed by atoms with E-state index in [1.54, 1.807) is 6.07 Å². The molecule has 0 aliphatic rings. The average Bonchev–Trinajstić information content (AvgIpc) is 2.72. The molecule has 0 saturated heterocycles. The number of thioether (sulfide) groups is 1. The Morgan fingerprint density at radius 1 is 1.00 bits per heavy atom. The number of carboxylic acid groups (broad SMARTS) is 1. The molecule has 0 spiro atoms. The summed E-state index contributed by atoms with van der Waals surface area (Å²) in [6, 6.07) is 14.2. The fraction of sp³-hybridized carbons (Fsp3) is 0.409. The highest BCUT2D eigenvalue weighted by molar-refractivity contribution is 7.98. The van der Waals surface area contributed by atoms with Gasteiger partial charge in [-0.05, 0) is 36.6 Å². The van der Waals surface area contributed by atoms with Gasteiger partial charge in [0.1, 0.15) is 0 Å². The summed E-state index contributed by atoms with van der Waals surface area (Å²) < 4.78 is 28.0. The van der Waals surface area contributed by atoms with Crippen molar-refractivity contribution >= 4 is 27.8 Å². The summed E-state index contributed by atoms with van der Waals surface area (Å²) in [6.07, 6.45) is 3.34. The second kappa shape index (κ2) is 11.4. The van der Waals surface area contributed by atoms with Crippen LogP contribution in [0.5, 0.6) is 0 Å². The Balaban J connectivity index is 2.35. The molecule has 0 heterocycles. The van der Waals surface area contributed by atoms with Crippen molar-refractivity contribution in [3.63, 3.8) is 0 Å². The zero-order chi connectivity index (χ0) is 21.3. The van der Waals surface area contributed by atoms with Crippen LogP contribution >= 0.6 is 11.8 Å². The van der Waals surface area contributed by atoms with Gasteiger partial charge >= 0.3 is 5.97 Å². The molecular formula is C22H29NO4S2. The van der Waals surface area contributed by atoms with Crippen molar-refractivity contribution in [2.24, 2.45) is 0 Å². The molecule has 0 amide bonds. The fourth-order valence-corrected chi connectivity index (χ4v) is 5.45. The minimum absolute atomic E-state index is 0.00688. The normalized spacial score (nSPS) is 11.7. The molecule has 7 heteroatoms. The van der Waals surface area contributed by atoms with Crippen LogP contribution in [0.3, 0.4) is 0 Å². The molecule has 158 valence electrons. The Bertz CT molecular complexity index is 890. The summed E-state index contributed by atoms with van der Waals surface area (Å²) in [5, 5.41) is 9.49. The first-order valence-corrected chi connectivity index (χ1v) is 12.4. The molecule has 2 aromatic carbocycles. The minimum atomic E-state index is -3.75. The maximum absolute atomic E-state index is 13.3. The van der Waals surface area contributed by atoms with Crippen LogP contribution in [0.4, 0.5) is 0 Å². The van der Waals surface area contributed by atoms with Gasteiger partial charge in [-0.1, -0.05) is 57.0 Å². The lowest BCUT2D eigenvalue weighted by Gasteiger charge is -2.22. The van der Waals surface area contributed by atoms with E-state index >= 15 is 0 Å². The number of rotatable bonds is 12. The molecule has 0 unspecified atom stereocenters. The maximum Gasteiger partial charge on any atom is 0.335 e. The predicted octanol–water partition coefficient (Wildman–Crippen LogP) is 5.27. The van der Waals surface area contributed by atoms with Gasteiger partial charge in [-0.25, -0.2) is 13.2 Å². The van der Waals surface area contributed by atoms with Gasteiger partial charge in [0, 0.05) is 23.7 Å². The summed E-state index contributed by atoms with van der Waals surface area (Å²) in [4.78, 5) is 12.3.